The Morgan fingerprint density at radius 2 is 1.81 bits per heavy atom. The van der Waals surface area contributed by atoms with E-state index in [1.807, 2.05) is 40.7 Å². The van der Waals surface area contributed by atoms with Crippen molar-refractivity contribution in [1.29, 1.82) is 0 Å². The minimum absolute atomic E-state index is 0.438. The maximum Gasteiger partial charge on any atom is 0.408 e. The summed E-state index contributed by atoms with van der Waals surface area (Å²) in [5.74, 6) is 0.105. The second kappa shape index (κ2) is 9.25. The van der Waals surface area contributed by atoms with Crippen LogP contribution in [0.4, 0.5) is 4.79 Å². The molecule has 8 heteroatoms. The minimum Gasteiger partial charge on any atom is -0.444 e. The van der Waals surface area contributed by atoms with Gasteiger partial charge in [0.25, 0.3) is 0 Å². The average molecular weight is 377 g/mol. The Morgan fingerprint density at radius 3 is 2.37 bits per heavy atom. The Balaban J connectivity index is 2.55. The van der Waals surface area contributed by atoms with Crippen LogP contribution in [0.3, 0.4) is 0 Å². The molecular weight excluding hydrogens is 346 g/mol. The topological polar surface area (TPSA) is 118 Å². The normalized spacial score (nSPS) is 12.3. The number of amides is 2. The fraction of sp³-hybridized carbons (Fsp3) is 0.526. The van der Waals surface area contributed by atoms with Crippen molar-refractivity contribution >= 4 is 18.0 Å². The standard InChI is InChI=1S/C19H31N5O3/c1-18(2,3)27-17(26)24-19(4,5)12-23-16(21-6)22-11-13-8-7-9-14(10-13)15(20)25/h7-10H,11-12H2,1-6H3,(H2,20,25)(H,24,26)(H2,21,22,23). The molecule has 1 aromatic carbocycles. The van der Waals surface area contributed by atoms with Gasteiger partial charge in [-0.15, -0.1) is 0 Å². The van der Waals surface area contributed by atoms with Crippen LogP contribution in [0.5, 0.6) is 0 Å². The molecule has 2 amide bonds. The Kier molecular flexibility index (Phi) is 7.63. The SMILES string of the molecule is CN=C(NCc1cccc(C(N)=O)c1)NCC(C)(C)NC(=O)OC(C)(C)C. The summed E-state index contributed by atoms with van der Waals surface area (Å²) in [7, 11) is 1.66. The number of rotatable bonds is 6. The maximum absolute atomic E-state index is 11.9. The fourth-order valence-electron chi connectivity index (χ4n) is 2.17. The van der Waals surface area contributed by atoms with Gasteiger partial charge in [0.1, 0.15) is 5.60 Å². The summed E-state index contributed by atoms with van der Waals surface area (Å²) in [4.78, 5) is 27.4. The lowest BCUT2D eigenvalue weighted by atomic mass is 10.1. The lowest BCUT2D eigenvalue weighted by Gasteiger charge is -2.29. The predicted octanol–water partition coefficient (Wildman–Crippen LogP) is 1.75. The van der Waals surface area contributed by atoms with Crippen molar-refractivity contribution in [2.45, 2.75) is 52.3 Å². The molecular formula is C19H31N5O3. The highest BCUT2D eigenvalue weighted by atomic mass is 16.6. The average Bonchev–Trinajstić information content (AvgIpc) is 2.52. The van der Waals surface area contributed by atoms with E-state index in [0.29, 0.717) is 24.6 Å². The molecule has 27 heavy (non-hydrogen) atoms. The zero-order valence-corrected chi connectivity index (χ0v) is 17.0. The van der Waals surface area contributed by atoms with Crippen molar-refractivity contribution in [2.75, 3.05) is 13.6 Å². The van der Waals surface area contributed by atoms with E-state index in [1.165, 1.54) is 0 Å². The number of alkyl carbamates (subject to hydrolysis) is 1. The first-order chi connectivity index (χ1) is 12.4. The summed E-state index contributed by atoms with van der Waals surface area (Å²) in [6.07, 6.45) is -0.472. The molecule has 0 saturated heterocycles. The molecule has 0 bridgehead atoms. The van der Waals surface area contributed by atoms with E-state index in [9.17, 15) is 9.59 Å². The molecule has 0 aliphatic heterocycles. The van der Waals surface area contributed by atoms with Gasteiger partial charge in [-0.2, -0.15) is 0 Å². The fourth-order valence-corrected chi connectivity index (χ4v) is 2.17. The monoisotopic (exact) mass is 377 g/mol. The van der Waals surface area contributed by atoms with E-state index in [4.69, 9.17) is 10.5 Å². The van der Waals surface area contributed by atoms with E-state index >= 15 is 0 Å². The van der Waals surface area contributed by atoms with Crippen LogP contribution >= 0.6 is 0 Å². The number of primary amides is 1. The van der Waals surface area contributed by atoms with Crippen molar-refractivity contribution in [3.05, 3.63) is 35.4 Å². The first-order valence-electron chi connectivity index (χ1n) is 8.76. The van der Waals surface area contributed by atoms with Crippen LogP contribution in [0, 0.1) is 0 Å². The van der Waals surface area contributed by atoms with E-state index in [1.54, 1.807) is 25.2 Å². The molecule has 0 aliphatic rings. The third-order valence-electron chi connectivity index (χ3n) is 3.43. The van der Waals surface area contributed by atoms with Crippen molar-refractivity contribution in [3.8, 4) is 0 Å². The highest BCUT2D eigenvalue weighted by Gasteiger charge is 2.24. The van der Waals surface area contributed by atoms with Crippen molar-refractivity contribution in [2.24, 2.45) is 10.7 Å². The van der Waals surface area contributed by atoms with Gasteiger partial charge in [0.05, 0.1) is 5.54 Å². The Labute approximate surface area is 160 Å². The molecule has 1 aromatic rings. The number of aliphatic imine (C=N–C) groups is 1. The highest BCUT2D eigenvalue weighted by molar-refractivity contribution is 5.92. The van der Waals surface area contributed by atoms with Crippen LogP contribution in [0.1, 0.15) is 50.5 Å². The van der Waals surface area contributed by atoms with Crippen LogP contribution in [-0.2, 0) is 11.3 Å². The lowest BCUT2D eigenvalue weighted by Crippen LogP contribution is -2.54. The third kappa shape index (κ3) is 8.94. The molecule has 0 fully saturated rings. The number of carbonyl (C=O) groups excluding carboxylic acids is 2. The number of guanidine groups is 1. The zero-order chi connectivity index (χ0) is 20.7. The number of carbonyl (C=O) groups is 2. The third-order valence-corrected chi connectivity index (χ3v) is 3.43. The number of benzene rings is 1. The lowest BCUT2D eigenvalue weighted by molar-refractivity contribution is 0.0473. The molecule has 0 spiro atoms. The number of ether oxygens (including phenoxy) is 1. The van der Waals surface area contributed by atoms with Crippen LogP contribution in [0.25, 0.3) is 0 Å². The van der Waals surface area contributed by atoms with Gasteiger partial charge in [-0.05, 0) is 52.3 Å². The van der Waals surface area contributed by atoms with Crippen LogP contribution in [0.2, 0.25) is 0 Å². The number of nitrogens with two attached hydrogens (primary N) is 1. The summed E-state index contributed by atoms with van der Waals surface area (Å²) in [5, 5.41) is 9.15. The summed E-state index contributed by atoms with van der Waals surface area (Å²) in [6.45, 7) is 10.1. The highest BCUT2D eigenvalue weighted by Crippen LogP contribution is 2.09. The Bertz CT molecular complexity index is 693. The van der Waals surface area contributed by atoms with E-state index < -0.39 is 23.1 Å². The number of hydrogen-bond donors (Lipinski definition) is 4. The first-order valence-corrected chi connectivity index (χ1v) is 8.76. The van der Waals surface area contributed by atoms with Gasteiger partial charge in [-0.3, -0.25) is 9.79 Å². The van der Waals surface area contributed by atoms with Crippen molar-refractivity contribution in [1.82, 2.24) is 16.0 Å². The molecule has 0 radical (unpaired) electrons. The van der Waals surface area contributed by atoms with Gasteiger partial charge in [0, 0.05) is 25.7 Å². The predicted molar refractivity (Wildman–Crippen MR) is 107 cm³/mol. The summed E-state index contributed by atoms with van der Waals surface area (Å²) < 4.78 is 5.28. The molecule has 1 rings (SSSR count). The van der Waals surface area contributed by atoms with Crippen molar-refractivity contribution < 1.29 is 14.3 Å². The molecule has 150 valence electrons. The maximum atomic E-state index is 11.9. The van der Waals surface area contributed by atoms with Gasteiger partial charge >= 0.3 is 6.09 Å². The largest absolute Gasteiger partial charge is 0.444 e. The molecule has 0 heterocycles. The van der Waals surface area contributed by atoms with Crippen molar-refractivity contribution in [3.63, 3.8) is 0 Å². The smallest absolute Gasteiger partial charge is 0.408 e. The second-order valence-corrected chi connectivity index (χ2v) is 7.85. The van der Waals surface area contributed by atoms with Crippen LogP contribution < -0.4 is 21.7 Å². The van der Waals surface area contributed by atoms with Gasteiger partial charge < -0.3 is 26.4 Å². The van der Waals surface area contributed by atoms with E-state index in [2.05, 4.69) is 20.9 Å². The first kappa shape index (κ1) is 22.3. The Hall–Kier alpha value is -2.77. The van der Waals surface area contributed by atoms with Gasteiger partial charge in [-0.1, -0.05) is 12.1 Å². The van der Waals surface area contributed by atoms with E-state index in [-0.39, 0.29) is 0 Å². The number of hydrogen-bond acceptors (Lipinski definition) is 4. The molecule has 8 nitrogen and oxygen atoms in total. The molecule has 0 aliphatic carbocycles. The summed E-state index contributed by atoms with van der Waals surface area (Å²) in [5.41, 5.74) is 5.56. The molecule has 5 N–H and O–H groups in total. The van der Waals surface area contributed by atoms with Gasteiger partial charge in [0.15, 0.2) is 5.96 Å². The van der Waals surface area contributed by atoms with Gasteiger partial charge in [0.2, 0.25) is 5.91 Å². The summed E-state index contributed by atoms with van der Waals surface area (Å²) in [6, 6.07) is 7.07. The Morgan fingerprint density at radius 1 is 1.15 bits per heavy atom. The second-order valence-electron chi connectivity index (χ2n) is 7.85. The number of nitrogens with zero attached hydrogens (tertiary/aromatic N) is 1. The minimum atomic E-state index is -0.551. The van der Waals surface area contributed by atoms with Gasteiger partial charge in [-0.25, -0.2) is 4.79 Å². The van der Waals surface area contributed by atoms with E-state index in [0.717, 1.165) is 5.56 Å². The number of nitrogens with one attached hydrogen (secondary N) is 3. The summed E-state index contributed by atoms with van der Waals surface area (Å²) >= 11 is 0. The van der Waals surface area contributed by atoms with Crippen LogP contribution in [0.15, 0.2) is 29.3 Å². The molecule has 0 unspecified atom stereocenters. The van der Waals surface area contributed by atoms with Crippen LogP contribution in [-0.4, -0.2) is 42.7 Å². The molecule has 0 aromatic heterocycles. The zero-order valence-electron chi connectivity index (χ0n) is 17.0. The molecule has 0 atom stereocenters. The quantitative estimate of drug-likeness (QED) is 0.445. The molecule has 0 saturated carbocycles.